The molecule has 1 aliphatic carbocycles. The molecule has 3 aromatic carbocycles. The lowest BCUT2D eigenvalue weighted by atomic mass is 9.74. The van der Waals surface area contributed by atoms with Crippen LogP contribution in [0.1, 0.15) is 54.5 Å². The van der Waals surface area contributed by atoms with E-state index >= 15 is 0 Å². The summed E-state index contributed by atoms with van der Waals surface area (Å²) in [6.07, 6.45) is 4.39. The summed E-state index contributed by atoms with van der Waals surface area (Å²) in [7, 11) is 2.13. The summed E-state index contributed by atoms with van der Waals surface area (Å²) in [6.45, 7) is 11.2. The Morgan fingerprint density at radius 3 is 2.15 bits per heavy atom. The minimum atomic E-state index is 0.0539. The van der Waals surface area contributed by atoms with Gasteiger partial charge >= 0.3 is 0 Å². The van der Waals surface area contributed by atoms with Crippen molar-refractivity contribution in [2.75, 3.05) is 0 Å². The molecule has 34 heavy (non-hydrogen) atoms. The molecule has 0 amide bonds. The van der Waals surface area contributed by atoms with Gasteiger partial charge < -0.3 is 4.42 Å². The van der Waals surface area contributed by atoms with Crippen molar-refractivity contribution in [1.82, 2.24) is 0 Å². The van der Waals surface area contributed by atoms with E-state index in [1.54, 1.807) is 0 Å². The van der Waals surface area contributed by atoms with Gasteiger partial charge in [0.1, 0.15) is 18.2 Å². The van der Waals surface area contributed by atoms with Crippen LogP contribution in [0.15, 0.2) is 65.2 Å². The highest BCUT2D eigenvalue weighted by atomic mass is 16.3. The standard InChI is InChI=1S/C32H32NO/c1-7-32(8-2)25-12-10-9-11-24(25)29-26(32)16-15-23-22-14-13-19(3)28(30(22)34-31(23)29)27-17-20(4)21(5)18-33(27)6/h9-18H,7-8H2,1-6H3/q+1. The maximum absolute atomic E-state index is 6.91. The number of benzene rings is 3. The predicted molar refractivity (Wildman–Crippen MR) is 141 cm³/mol. The van der Waals surface area contributed by atoms with Crippen LogP contribution in [0.25, 0.3) is 44.3 Å². The lowest BCUT2D eigenvalue weighted by Crippen LogP contribution is -2.31. The molecule has 2 heteroatoms. The maximum atomic E-state index is 6.91. The van der Waals surface area contributed by atoms with Gasteiger partial charge in [-0.15, -0.1) is 0 Å². The molecule has 0 atom stereocenters. The average molecular weight is 447 g/mol. The second-order valence-corrected chi connectivity index (χ2v) is 10.1. The van der Waals surface area contributed by atoms with Crippen LogP contribution in [-0.4, -0.2) is 0 Å². The number of hydrogen-bond donors (Lipinski definition) is 0. The van der Waals surface area contributed by atoms with E-state index < -0.39 is 0 Å². The molecular weight excluding hydrogens is 414 g/mol. The molecule has 170 valence electrons. The molecule has 0 radical (unpaired) electrons. The van der Waals surface area contributed by atoms with E-state index in [9.17, 15) is 0 Å². The Morgan fingerprint density at radius 1 is 0.735 bits per heavy atom. The third-order valence-electron chi connectivity index (χ3n) is 8.45. The van der Waals surface area contributed by atoms with Crippen LogP contribution in [0.4, 0.5) is 0 Å². The summed E-state index contributed by atoms with van der Waals surface area (Å²) in [4.78, 5) is 0. The minimum Gasteiger partial charge on any atom is -0.454 e. The summed E-state index contributed by atoms with van der Waals surface area (Å²) in [5.41, 5.74) is 13.8. The fourth-order valence-electron chi connectivity index (χ4n) is 6.39. The molecule has 0 fully saturated rings. The van der Waals surface area contributed by atoms with Crippen molar-refractivity contribution in [2.45, 2.75) is 52.9 Å². The molecule has 0 spiro atoms. The van der Waals surface area contributed by atoms with Crippen molar-refractivity contribution in [3.05, 3.63) is 88.6 Å². The smallest absolute Gasteiger partial charge is 0.216 e. The lowest BCUT2D eigenvalue weighted by molar-refractivity contribution is -0.660. The molecule has 0 aliphatic heterocycles. The third-order valence-corrected chi connectivity index (χ3v) is 8.45. The number of pyridine rings is 1. The van der Waals surface area contributed by atoms with Crippen LogP contribution in [0.2, 0.25) is 0 Å². The Labute approximate surface area is 201 Å². The van der Waals surface area contributed by atoms with Crippen molar-refractivity contribution in [3.63, 3.8) is 0 Å². The van der Waals surface area contributed by atoms with E-state index in [1.165, 1.54) is 61.0 Å². The molecule has 6 rings (SSSR count). The van der Waals surface area contributed by atoms with Crippen molar-refractivity contribution < 1.29 is 8.98 Å². The summed E-state index contributed by atoms with van der Waals surface area (Å²) in [5.74, 6) is 0. The highest BCUT2D eigenvalue weighted by Gasteiger charge is 2.42. The van der Waals surface area contributed by atoms with E-state index in [0.717, 1.165) is 24.0 Å². The summed E-state index contributed by atoms with van der Waals surface area (Å²) >= 11 is 0. The van der Waals surface area contributed by atoms with Gasteiger partial charge in [0.05, 0.1) is 5.56 Å². The summed E-state index contributed by atoms with van der Waals surface area (Å²) in [6, 6.07) is 20.4. The largest absolute Gasteiger partial charge is 0.454 e. The van der Waals surface area contributed by atoms with E-state index in [0.29, 0.717) is 0 Å². The van der Waals surface area contributed by atoms with Gasteiger partial charge in [-0.2, -0.15) is 0 Å². The van der Waals surface area contributed by atoms with Gasteiger partial charge in [-0.05, 0) is 61.4 Å². The fraction of sp³-hybridized carbons (Fsp3) is 0.281. The first-order valence-corrected chi connectivity index (χ1v) is 12.5. The van der Waals surface area contributed by atoms with Crippen LogP contribution in [-0.2, 0) is 12.5 Å². The van der Waals surface area contributed by atoms with Crippen LogP contribution < -0.4 is 4.57 Å². The molecule has 5 aromatic rings. The zero-order chi connectivity index (χ0) is 23.8. The second kappa shape index (κ2) is 7.30. The molecule has 0 saturated carbocycles. The van der Waals surface area contributed by atoms with Crippen molar-refractivity contribution in [3.8, 4) is 22.4 Å². The molecule has 0 saturated heterocycles. The normalized spacial score (nSPS) is 14.1. The highest BCUT2D eigenvalue weighted by Crippen LogP contribution is 2.55. The Morgan fingerprint density at radius 2 is 1.41 bits per heavy atom. The van der Waals surface area contributed by atoms with Gasteiger partial charge in [0.25, 0.3) is 0 Å². The molecule has 0 N–H and O–H groups in total. The zero-order valence-electron chi connectivity index (χ0n) is 21.0. The predicted octanol–water partition coefficient (Wildman–Crippen LogP) is 8.09. The zero-order valence-corrected chi connectivity index (χ0v) is 21.0. The monoisotopic (exact) mass is 446 g/mol. The van der Waals surface area contributed by atoms with Gasteiger partial charge in [-0.25, -0.2) is 4.57 Å². The first-order valence-electron chi connectivity index (χ1n) is 12.5. The topological polar surface area (TPSA) is 17.0 Å². The van der Waals surface area contributed by atoms with E-state index in [1.807, 2.05) is 0 Å². The molecule has 0 bridgehead atoms. The van der Waals surface area contributed by atoms with E-state index in [2.05, 4.69) is 107 Å². The second-order valence-electron chi connectivity index (χ2n) is 10.1. The third kappa shape index (κ3) is 2.60. The summed E-state index contributed by atoms with van der Waals surface area (Å²) < 4.78 is 9.15. The fourth-order valence-corrected chi connectivity index (χ4v) is 6.39. The van der Waals surface area contributed by atoms with Gasteiger partial charge in [0.15, 0.2) is 6.20 Å². The van der Waals surface area contributed by atoms with Crippen LogP contribution in [0.5, 0.6) is 0 Å². The Kier molecular flexibility index (Phi) is 4.55. The summed E-state index contributed by atoms with van der Waals surface area (Å²) in [5, 5.41) is 2.40. The average Bonchev–Trinajstić information content (AvgIpc) is 3.35. The van der Waals surface area contributed by atoms with Crippen molar-refractivity contribution in [1.29, 1.82) is 0 Å². The Balaban J connectivity index is 1.74. The van der Waals surface area contributed by atoms with Crippen molar-refractivity contribution >= 4 is 21.9 Å². The molecule has 0 unspecified atom stereocenters. The highest BCUT2D eigenvalue weighted by molar-refractivity contribution is 6.14. The molecular formula is C32H32NO+. The van der Waals surface area contributed by atoms with Crippen LogP contribution in [0, 0.1) is 20.8 Å². The number of aryl methyl sites for hydroxylation is 4. The first kappa shape index (κ1) is 21.2. The minimum absolute atomic E-state index is 0.0539. The SMILES string of the molecule is CCC1(CC)c2ccccc2-c2c1ccc1c2oc2c(-c3cc(C)c(C)c[n+]3C)c(C)ccc21. The number of furan rings is 1. The lowest BCUT2D eigenvalue weighted by Gasteiger charge is -2.29. The molecule has 1 aliphatic rings. The number of nitrogens with zero attached hydrogens (tertiary/aromatic N) is 1. The Hall–Kier alpha value is -3.39. The van der Waals surface area contributed by atoms with E-state index in [4.69, 9.17) is 4.42 Å². The molecule has 2 nitrogen and oxygen atoms in total. The van der Waals surface area contributed by atoms with Gasteiger partial charge in [-0.1, -0.05) is 62.4 Å². The van der Waals surface area contributed by atoms with E-state index in [-0.39, 0.29) is 5.41 Å². The number of hydrogen-bond acceptors (Lipinski definition) is 1. The molecule has 2 heterocycles. The van der Waals surface area contributed by atoms with Gasteiger partial charge in [0.2, 0.25) is 5.69 Å². The Bertz CT molecular complexity index is 1610. The van der Waals surface area contributed by atoms with Crippen LogP contribution >= 0.6 is 0 Å². The van der Waals surface area contributed by atoms with Gasteiger partial charge in [0, 0.05) is 33.4 Å². The van der Waals surface area contributed by atoms with Crippen LogP contribution in [0.3, 0.4) is 0 Å². The van der Waals surface area contributed by atoms with Crippen molar-refractivity contribution in [2.24, 2.45) is 7.05 Å². The number of rotatable bonds is 3. The molecule has 2 aromatic heterocycles. The first-order chi connectivity index (χ1) is 16.4. The number of fused-ring (bicyclic) bond motifs is 7. The maximum Gasteiger partial charge on any atom is 0.216 e. The quantitative estimate of drug-likeness (QED) is 0.256. The number of aromatic nitrogens is 1. The van der Waals surface area contributed by atoms with Gasteiger partial charge in [-0.3, -0.25) is 0 Å².